The van der Waals surface area contributed by atoms with Crippen molar-refractivity contribution < 1.29 is 9.53 Å². The number of thiazole rings is 1. The van der Waals surface area contributed by atoms with Gasteiger partial charge >= 0.3 is 6.03 Å². The Hall–Kier alpha value is -1.92. The maximum absolute atomic E-state index is 12.2. The van der Waals surface area contributed by atoms with Gasteiger partial charge in [0, 0.05) is 17.6 Å². The number of amides is 2. The molecule has 1 aromatic heterocycles. The first-order chi connectivity index (χ1) is 11.6. The van der Waals surface area contributed by atoms with E-state index in [-0.39, 0.29) is 24.2 Å². The summed E-state index contributed by atoms with van der Waals surface area (Å²) in [6.45, 7) is 4.72. The van der Waals surface area contributed by atoms with Crippen molar-refractivity contribution in [1.82, 2.24) is 15.6 Å². The van der Waals surface area contributed by atoms with E-state index in [2.05, 4.69) is 15.6 Å². The number of hydrogen-bond acceptors (Lipinski definition) is 4. The van der Waals surface area contributed by atoms with Crippen molar-refractivity contribution in [2.45, 2.75) is 44.9 Å². The zero-order chi connectivity index (χ0) is 16.9. The minimum Gasteiger partial charge on any atom is -0.376 e. The van der Waals surface area contributed by atoms with Crippen molar-refractivity contribution in [3.63, 3.8) is 0 Å². The second-order valence-corrected chi connectivity index (χ2v) is 7.01. The minimum atomic E-state index is -0.179. The third-order valence-corrected chi connectivity index (χ3v) is 5.22. The summed E-state index contributed by atoms with van der Waals surface area (Å²) in [6.07, 6.45) is 2.19. The molecule has 2 aromatic rings. The number of carbonyl (C=O) groups is 1. The first kappa shape index (κ1) is 16.9. The SMILES string of the molecule is C[C@H](NC(=O)N[C@H](C)[C@@H]1CCCO1)c1nc(-c2ccccc2)cs1. The van der Waals surface area contributed by atoms with Gasteiger partial charge in [0.05, 0.1) is 23.9 Å². The van der Waals surface area contributed by atoms with Gasteiger partial charge in [0.25, 0.3) is 0 Å². The molecule has 2 N–H and O–H groups in total. The molecule has 0 aliphatic carbocycles. The molecule has 0 bridgehead atoms. The normalized spacial score (nSPS) is 19.7. The van der Waals surface area contributed by atoms with Crippen molar-refractivity contribution in [3.8, 4) is 11.3 Å². The largest absolute Gasteiger partial charge is 0.376 e. The summed E-state index contributed by atoms with van der Waals surface area (Å²) in [5.41, 5.74) is 2.03. The lowest BCUT2D eigenvalue weighted by Crippen LogP contribution is -2.46. The lowest BCUT2D eigenvalue weighted by molar-refractivity contribution is 0.0859. The molecule has 1 fully saturated rings. The topological polar surface area (TPSA) is 63.2 Å². The van der Waals surface area contributed by atoms with Gasteiger partial charge in [0.15, 0.2) is 0 Å². The zero-order valence-electron chi connectivity index (χ0n) is 14.0. The maximum atomic E-state index is 12.2. The van der Waals surface area contributed by atoms with Crippen LogP contribution in [-0.2, 0) is 4.74 Å². The second-order valence-electron chi connectivity index (χ2n) is 6.12. The zero-order valence-corrected chi connectivity index (χ0v) is 14.8. The van der Waals surface area contributed by atoms with Gasteiger partial charge in [-0.05, 0) is 26.7 Å². The van der Waals surface area contributed by atoms with Crippen LogP contribution < -0.4 is 10.6 Å². The van der Waals surface area contributed by atoms with Crippen LogP contribution in [0.5, 0.6) is 0 Å². The monoisotopic (exact) mass is 345 g/mol. The van der Waals surface area contributed by atoms with Gasteiger partial charge in [-0.25, -0.2) is 9.78 Å². The smallest absolute Gasteiger partial charge is 0.315 e. The molecule has 0 spiro atoms. The Kier molecular flexibility index (Phi) is 5.48. The number of ether oxygens (including phenoxy) is 1. The summed E-state index contributed by atoms with van der Waals surface area (Å²) >= 11 is 1.56. The predicted molar refractivity (Wildman–Crippen MR) is 96.1 cm³/mol. The Morgan fingerprint density at radius 1 is 1.29 bits per heavy atom. The van der Waals surface area contributed by atoms with E-state index in [0.29, 0.717) is 0 Å². The third-order valence-electron chi connectivity index (χ3n) is 4.19. The van der Waals surface area contributed by atoms with Gasteiger partial charge in [-0.3, -0.25) is 0 Å². The summed E-state index contributed by atoms with van der Waals surface area (Å²) in [5.74, 6) is 0. The first-order valence-electron chi connectivity index (χ1n) is 8.33. The molecule has 1 saturated heterocycles. The molecule has 1 aliphatic rings. The highest BCUT2D eigenvalue weighted by atomic mass is 32.1. The molecule has 5 nitrogen and oxygen atoms in total. The quantitative estimate of drug-likeness (QED) is 0.868. The van der Waals surface area contributed by atoms with Gasteiger partial charge in [-0.2, -0.15) is 0 Å². The van der Waals surface area contributed by atoms with Crippen LogP contribution in [0.25, 0.3) is 11.3 Å². The fourth-order valence-corrected chi connectivity index (χ4v) is 3.66. The van der Waals surface area contributed by atoms with Gasteiger partial charge in [-0.15, -0.1) is 11.3 Å². The maximum Gasteiger partial charge on any atom is 0.315 e. The fourth-order valence-electron chi connectivity index (χ4n) is 2.82. The van der Waals surface area contributed by atoms with E-state index in [0.717, 1.165) is 35.7 Å². The molecule has 6 heteroatoms. The molecule has 1 aromatic carbocycles. The van der Waals surface area contributed by atoms with Crippen LogP contribution in [0.15, 0.2) is 35.7 Å². The van der Waals surface area contributed by atoms with E-state index in [1.807, 2.05) is 49.6 Å². The van der Waals surface area contributed by atoms with Crippen molar-refractivity contribution >= 4 is 17.4 Å². The molecule has 3 atom stereocenters. The van der Waals surface area contributed by atoms with Crippen molar-refractivity contribution in [3.05, 3.63) is 40.7 Å². The van der Waals surface area contributed by atoms with Crippen LogP contribution in [0.2, 0.25) is 0 Å². The van der Waals surface area contributed by atoms with Gasteiger partial charge in [0.1, 0.15) is 5.01 Å². The molecular formula is C18H23N3O2S. The Morgan fingerprint density at radius 2 is 2.08 bits per heavy atom. The van der Waals surface area contributed by atoms with Crippen LogP contribution in [0, 0.1) is 0 Å². The number of nitrogens with zero attached hydrogens (tertiary/aromatic N) is 1. The molecule has 2 amide bonds. The van der Waals surface area contributed by atoms with Gasteiger partial charge < -0.3 is 15.4 Å². The standard InChI is InChI=1S/C18H23N3O2S/c1-12(16-9-6-10-23-16)19-18(22)20-13(2)17-21-15(11-24-17)14-7-4-3-5-8-14/h3-5,7-8,11-13,16H,6,9-10H2,1-2H3,(H2,19,20,22)/t12-,13+,16+/m1/s1. The number of urea groups is 1. The van der Waals surface area contributed by atoms with E-state index in [4.69, 9.17) is 4.74 Å². The summed E-state index contributed by atoms with van der Waals surface area (Å²) < 4.78 is 5.60. The second kappa shape index (κ2) is 7.77. The number of hydrogen-bond donors (Lipinski definition) is 2. The Labute approximate surface area is 146 Å². The highest BCUT2D eigenvalue weighted by Gasteiger charge is 2.24. The van der Waals surface area contributed by atoms with Crippen molar-refractivity contribution in [1.29, 1.82) is 0 Å². The summed E-state index contributed by atoms with van der Waals surface area (Å²) in [7, 11) is 0. The lowest BCUT2D eigenvalue weighted by atomic mass is 10.1. The van der Waals surface area contributed by atoms with Crippen molar-refractivity contribution in [2.24, 2.45) is 0 Å². The number of rotatable bonds is 5. The lowest BCUT2D eigenvalue weighted by Gasteiger charge is -2.21. The molecule has 0 saturated carbocycles. The van der Waals surface area contributed by atoms with Crippen LogP contribution in [0.1, 0.15) is 37.7 Å². The van der Waals surface area contributed by atoms with E-state index in [1.165, 1.54) is 0 Å². The highest BCUT2D eigenvalue weighted by Crippen LogP contribution is 2.25. The summed E-state index contributed by atoms with van der Waals surface area (Å²) in [6, 6.07) is 9.74. The average molecular weight is 345 g/mol. The number of nitrogens with one attached hydrogen (secondary N) is 2. The molecule has 0 radical (unpaired) electrons. The Balaban J connectivity index is 1.55. The van der Waals surface area contributed by atoms with Crippen LogP contribution >= 0.6 is 11.3 Å². The van der Waals surface area contributed by atoms with Crippen LogP contribution in [0.3, 0.4) is 0 Å². The molecule has 0 unspecified atom stereocenters. The third kappa shape index (κ3) is 4.13. The molecule has 128 valence electrons. The van der Waals surface area contributed by atoms with E-state index < -0.39 is 0 Å². The minimum absolute atomic E-state index is 0.0101. The average Bonchev–Trinajstić information content (AvgIpc) is 3.27. The predicted octanol–water partition coefficient (Wildman–Crippen LogP) is 3.74. The number of aromatic nitrogens is 1. The molecule has 24 heavy (non-hydrogen) atoms. The Bertz CT molecular complexity index is 668. The molecule has 3 rings (SSSR count). The molecular weight excluding hydrogens is 322 g/mol. The summed E-state index contributed by atoms with van der Waals surface area (Å²) in [5, 5.41) is 8.84. The molecule has 2 heterocycles. The highest BCUT2D eigenvalue weighted by molar-refractivity contribution is 7.10. The van der Waals surface area contributed by atoms with Crippen molar-refractivity contribution in [2.75, 3.05) is 6.61 Å². The van der Waals surface area contributed by atoms with E-state index in [9.17, 15) is 4.79 Å². The molecule has 1 aliphatic heterocycles. The summed E-state index contributed by atoms with van der Waals surface area (Å²) in [4.78, 5) is 16.8. The van der Waals surface area contributed by atoms with E-state index in [1.54, 1.807) is 11.3 Å². The van der Waals surface area contributed by atoms with Crippen LogP contribution in [-0.4, -0.2) is 29.8 Å². The first-order valence-corrected chi connectivity index (χ1v) is 9.21. The fraction of sp³-hybridized carbons (Fsp3) is 0.444. The van der Waals surface area contributed by atoms with Crippen LogP contribution in [0.4, 0.5) is 4.79 Å². The van der Waals surface area contributed by atoms with Gasteiger partial charge in [-0.1, -0.05) is 30.3 Å². The Morgan fingerprint density at radius 3 is 2.79 bits per heavy atom. The van der Waals surface area contributed by atoms with E-state index >= 15 is 0 Å². The number of benzene rings is 1. The number of carbonyl (C=O) groups excluding carboxylic acids is 1. The van der Waals surface area contributed by atoms with Gasteiger partial charge in [0.2, 0.25) is 0 Å².